The fourth-order valence-corrected chi connectivity index (χ4v) is 2.02. The third-order valence-electron chi connectivity index (χ3n) is 1.89. The van der Waals surface area contributed by atoms with Gasteiger partial charge in [0.15, 0.2) is 5.69 Å². The highest BCUT2D eigenvalue weighted by molar-refractivity contribution is 7.14. The van der Waals surface area contributed by atoms with E-state index in [-0.39, 0.29) is 11.6 Å². The minimum Gasteiger partial charge on any atom is -0.462 e. The number of esters is 1. The minimum atomic E-state index is -4.68. The molecule has 0 unspecified atom stereocenters. The van der Waals surface area contributed by atoms with E-state index >= 15 is 0 Å². The molecule has 0 fully saturated rings. The normalized spacial score (nSPS) is 11.9. The molecule has 1 rings (SSSR count). The predicted octanol–water partition coefficient (Wildman–Crippen LogP) is 2.87. The van der Waals surface area contributed by atoms with Crippen LogP contribution in [0.5, 0.6) is 0 Å². The van der Waals surface area contributed by atoms with Gasteiger partial charge < -0.3 is 9.64 Å². The topological polar surface area (TPSA) is 42.4 Å². The van der Waals surface area contributed by atoms with E-state index in [1.807, 2.05) is 0 Å². The third-order valence-corrected chi connectivity index (χ3v) is 2.89. The number of halogens is 3. The Morgan fingerprint density at radius 2 is 2.11 bits per heavy atom. The number of rotatable bonds is 4. The van der Waals surface area contributed by atoms with Gasteiger partial charge in [0.25, 0.3) is 0 Å². The summed E-state index contributed by atoms with van der Waals surface area (Å²) >= 11 is 0.657. The van der Waals surface area contributed by atoms with Crippen LogP contribution in [0.3, 0.4) is 0 Å². The Morgan fingerprint density at radius 3 is 2.58 bits per heavy atom. The van der Waals surface area contributed by atoms with Gasteiger partial charge in [-0.1, -0.05) is 0 Å². The number of ether oxygens (including phenoxy) is 1. The maximum Gasteiger partial charge on any atom is 0.435 e. The van der Waals surface area contributed by atoms with E-state index in [9.17, 15) is 18.0 Å². The molecule has 106 valence electrons. The Kier molecular flexibility index (Phi) is 4.93. The molecule has 0 saturated heterocycles. The average Bonchev–Trinajstić information content (AvgIpc) is 2.70. The van der Waals surface area contributed by atoms with Crippen LogP contribution in [0.25, 0.3) is 6.08 Å². The zero-order valence-electron chi connectivity index (χ0n) is 10.6. The van der Waals surface area contributed by atoms with Gasteiger partial charge in [0.1, 0.15) is 9.88 Å². The molecule has 0 aliphatic carbocycles. The Morgan fingerprint density at radius 1 is 1.47 bits per heavy atom. The molecule has 0 aliphatic heterocycles. The van der Waals surface area contributed by atoms with Crippen molar-refractivity contribution in [1.29, 1.82) is 0 Å². The summed E-state index contributed by atoms with van der Waals surface area (Å²) in [4.78, 5) is 16.0. The molecular weight excluding hydrogens is 281 g/mol. The zero-order valence-corrected chi connectivity index (χ0v) is 11.4. The first-order chi connectivity index (χ1) is 8.75. The van der Waals surface area contributed by atoms with Gasteiger partial charge in [0.2, 0.25) is 0 Å². The van der Waals surface area contributed by atoms with Crippen LogP contribution in [0, 0.1) is 0 Å². The predicted molar refractivity (Wildman–Crippen MR) is 65.8 cm³/mol. The lowest BCUT2D eigenvalue weighted by atomic mass is 10.3. The largest absolute Gasteiger partial charge is 0.462 e. The van der Waals surface area contributed by atoms with Crippen molar-refractivity contribution in [3.63, 3.8) is 0 Å². The van der Waals surface area contributed by atoms with Gasteiger partial charge >= 0.3 is 12.1 Å². The lowest BCUT2D eigenvalue weighted by Gasteiger charge is -2.05. The van der Waals surface area contributed by atoms with Gasteiger partial charge in [-0.25, -0.2) is 9.78 Å². The summed E-state index contributed by atoms with van der Waals surface area (Å²) in [5.41, 5.74) is -1.20. The molecule has 1 heterocycles. The molecule has 0 aliphatic rings. The number of carbonyl (C=O) groups is 1. The van der Waals surface area contributed by atoms with Gasteiger partial charge in [-0.2, -0.15) is 13.2 Å². The quantitative estimate of drug-likeness (QED) is 0.801. The van der Waals surface area contributed by atoms with Gasteiger partial charge in [-0.15, -0.1) is 11.3 Å². The Labute approximate surface area is 112 Å². The van der Waals surface area contributed by atoms with E-state index in [1.54, 1.807) is 25.2 Å². The Balaban J connectivity index is 3.17. The van der Waals surface area contributed by atoms with Crippen molar-refractivity contribution in [2.24, 2.45) is 0 Å². The van der Waals surface area contributed by atoms with E-state index < -0.39 is 22.7 Å². The highest BCUT2D eigenvalue weighted by Crippen LogP contribution is 2.35. The van der Waals surface area contributed by atoms with E-state index in [0.29, 0.717) is 11.3 Å². The van der Waals surface area contributed by atoms with Crippen LogP contribution in [0.2, 0.25) is 0 Å². The standard InChI is InChI=1S/C11H13F3N2O2S/c1-4-18-10(17)8-9(11(12,13)14)15-7(19-8)5-6-16(2)3/h5-6H,4H2,1-3H3/b6-5+. The molecule has 1 aromatic rings. The van der Waals surface area contributed by atoms with Crippen LogP contribution in [0.1, 0.15) is 27.3 Å². The van der Waals surface area contributed by atoms with Crippen molar-refractivity contribution in [2.45, 2.75) is 13.1 Å². The molecule has 0 atom stereocenters. The summed E-state index contributed by atoms with van der Waals surface area (Å²) in [7, 11) is 3.45. The van der Waals surface area contributed by atoms with Crippen molar-refractivity contribution in [1.82, 2.24) is 9.88 Å². The molecule has 1 aromatic heterocycles. The first-order valence-electron chi connectivity index (χ1n) is 5.35. The second-order valence-corrected chi connectivity index (χ2v) is 4.76. The molecule has 0 aromatic carbocycles. The number of thiazole rings is 1. The van der Waals surface area contributed by atoms with Crippen LogP contribution in [0.4, 0.5) is 13.2 Å². The van der Waals surface area contributed by atoms with Crippen molar-refractivity contribution >= 4 is 23.4 Å². The van der Waals surface area contributed by atoms with Gasteiger partial charge in [0.05, 0.1) is 6.61 Å². The van der Waals surface area contributed by atoms with Gasteiger partial charge in [-0.05, 0) is 13.0 Å². The average molecular weight is 294 g/mol. The number of aromatic nitrogens is 1. The van der Waals surface area contributed by atoms with E-state index in [2.05, 4.69) is 9.72 Å². The monoisotopic (exact) mass is 294 g/mol. The second-order valence-electron chi connectivity index (χ2n) is 3.73. The van der Waals surface area contributed by atoms with Crippen molar-refractivity contribution < 1.29 is 22.7 Å². The van der Waals surface area contributed by atoms with Crippen LogP contribution in [-0.2, 0) is 10.9 Å². The third kappa shape index (κ3) is 4.23. The molecule has 8 heteroatoms. The van der Waals surface area contributed by atoms with Crippen LogP contribution < -0.4 is 0 Å². The van der Waals surface area contributed by atoms with E-state index in [0.717, 1.165) is 0 Å². The molecule has 4 nitrogen and oxygen atoms in total. The van der Waals surface area contributed by atoms with Crippen molar-refractivity contribution in [2.75, 3.05) is 20.7 Å². The van der Waals surface area contributed by atoms with Crippen molar-refractivity contribution in [3.8, 4) is 0 Å². The summed E-state index contributed by atoms with van der Waals surface area (Å²) in [5.74, 6) is -1.00. The smallest absolute Gasteiger partial charge is 0.435 e. The molecule has 0 spiro atoms. The van der Waals surface area contributed by atoms with E-state index in [4.69, 9.17) is 0 Å². The first-order valence-corrected chi connectivity index (χ1v) is 6.17. The number of nitrogens with zero attached hydrogens (tertiary/aromatic N) is 2. The zero-order chi connectivity index (χ0) is 14.6. The summed E-state index contributed by atoms with van der Waals surface area (Å²) in [5, 5.41) is 0.101. The lowest BCUT2D eigenvalue weighted by Crippen LogP contribution is -2.13. The Bertz CT molecular complexity index is 481. The molecule has 0 N–H and O–H groups in total. The molecule has 19 heavy (non-hydrogen) atoms. The summed E-state index contributed by atoms with van der Waals surface area (Å²) in [6, 6.07) is 0. The molecular formula is C11H13F3N2O2S. The molecule has 0 bridgehead atoms. The Hall–Kier alpha value is -1.57. The number of carbonyl (C=O) groups excluding carboxylic acids is 1. The molecule has 0 saturated carbocycles. The summed E-state index contributed by atoms with van der Waals surface area (Å²) in [6.07, 6.45) is -1.72. The number of hydrogen-bond donors (Lipinski definition) is 0. The van der Waals surface area contributed by atoms with Crippen molar-refractivity contribution in [3.05, 3.63) is 21.8 Å². The fraction of sp³-hybridized carbons (Fsp3) is 0.455. The second kappa shape index (κ2) is 6.05. The number of alkyl halides is 3. The van der Waals surface area contributed by atoms with E-state index in [1.165, 1.54) is 13.0 Å². The highest BCUT2D eigenvalue weighted by atomic mass is 32.1. The highest BCUT2D eigenvalue weighted by Gasteiger charge is 2.39. The lowest BCUT2D eigenvalue weighted by molar-refractivity contribution is -0.141. The summed E-state index contributed by atoms with van der Waals surface area (Å²) < 4.78 is 42.9. The maximum atomic E-state index is 12.8. The van der Waals surface area contributed by atoms with Gasteiger partial charge in [0, 0.05) is 20.3 Å². The molecule has 0 amide bonds. The minimum absolute atomic E-state index is 0.0108. The fourth-order valence-electron chi connectivity index (χ4n) is 1.15. The maximum absolute atomic E-state index is 12.8. The van der Waals surface area contributed by atoms with Crippen LogP contribution in [-0.4, -0.2) is 36.6 Å². The SMILES string of the molecule is CCOC(=O)c1sc(/C=C/N(C)C)nc1C(F)(F)F. The van der Waals surface area contributed by atoms with Crippen LogP contribution in [0.15, 0.2) is 6.20 Å². The first kappa shape index (κ1) is 15.5. The number of hydrogen-bond acceptors (Lipinski definition) is 5. The van der Waals surface area contributed by atoms with Gasteiger partial charge in [-0.3, -0.25) is 0 Å². The molecule has 0 radical (unpaired) electrons. The summed E-state index contributed by atoms with van der Waals surface area (Å²) in [6.45, 7) is 1.54. The van der Waals surface area contributed by atoms with Crippen LogP contribution >= 0.6 is 11.3 Å².